The van der Waals surface area contributed by atoms with Crippen molar-refractivity contribution >= 4 is 34.0 Å². The first-order valence-corrected chi connectivity index (χ1v) is 9.02. The van der Waals surface area contributed by atoms with Gasteiger partial charge in [-0.2, -0.15) is 0 Å². The van der Waals surface area contributed by atoms with Gasteiger partial charge < -0.3 is 15.0 Å². The third-order valence-corrected chi connectivity index (χ3v) is 4.68. The normalized spacial score (nSPS) is 14.1. The van der Waals surface area contributed by atoms with Gasteiger partial charge in [0.05, 0.1) is 11.4 Å². The molecule has 7 heteroatoms. The summed E-state index contributed by atoms with van der Waals surface area (Å²) in [5.41, 5.74) is 1.91. The second-order valence-corrected chi connectivity index (χ2v) is 7.71. The summed E-state index contributed by atoms with van der Waals surface area (Å²) < 4.78 is 5.49. The number of carbonyl (C=O) groups is 2. The number of benzene rings is 1. The van der Waals surface area contributed by atoms with Crippen molar-refractivity contribution in [3.8, 4) is 17.0 Å². The van der Waals surface area contributed by atoms with Crippen LogP contribution in [0.3, 0.4) is 0 Å². The van der Waals surface area contributed by atoms with Gasteiger partial charge in [0.1, 0.15) is 5.75 Å². The van der Waals surface area contributed by atoms with E-state index in [1.807, 2.05) is 51.3 Å². The predicted molar refractivity (Wildman–Crippen MR) is 99.2 cm³/mol. The van der Waals surface area contributed by atoms with Crippen molar-refractivity contribution in [2.45, 2.75) is 27.7 Å². The predicted octanol–water partition coefficient (Wildman–Crippen LogP) is 3.54. The highest BCUT2D eigenvalue weighted by molar-refractivity contribution is 7.14. The maximum absolute atomic E-state index is 12.1. The van der Waals surface area contributed by atoms with E-state index in [1.54, 1.807) is 4.90 Å². The lowest BCUT2D eigenvalue weighted by Gasteiger charge is -2.28. The fraction of sp³-hybridized carbons (Fsp3) is 0.389. The first kappa shape index (κ1) is 17.4. The zero-order valence-electron chi connectivity index (χ0n) is 14.8. The number of nitrogens with one attached hydrogen (secondary N) is 1. The minimum absolute atomic E-state index is 0.0523. The van der Waals surface area contributed by atoms with Crippen molar-refractivity contribution in [1.82, 2.24) is 4.98 Å². The molecule has 0 atom stereocenters. The summed E-state index contributed by atoms with van der Waals surface area (Å²) in [7, 11) is 0. The summed E-state index contributed by atoms with van der Waals surface area (Å²) in [6.07, 6.45) is 0. The molecule has 3 rings (SSSR count). The van der Waals surface area contributed by atoms with Gasteiger partial charge >= 0.3 is 0 Å². The molecule has 0 aliphatic carbocycles. The number of rotatable bonds is 3. The molecule has 0 fully saturated rings. The number of fused-ring (bicyclic) bond motifs is 1. The first-order chi connectivity index (χ1) is 11.8. The molecule has 6 nitrogen and oxygen atoms in total. The van der Waals surface area contributed by atoms with Gasteiger partial charge in [0.25, 0.3) is 5.91 Å². The van der Waals surface area contributed by atoms with Crippen LogP contribution in [0.2, 0.25) is 0 Å². The zero-order chi connectivity index (χ0) is 18.2. The molecule has 2 amide bonds. The number of aromatic nitrogens is 1. The molecular weight excluding hydrogens is 338 g/mol. The standard InChI is InChI=1S/C18H21N3O3S/c1-5-21-13-8-11(6-7-14(13)24-9-15(21)22)12-10-25-17(19-12)20-16(23)18(2,3)4/h6-8,10H,5,9H2,1-4H3,(H,19,20,23). The number of nitrogens with zero attached hydrogens (tertiary/aromatic N) is 2. The highest BCUT2D eigenvalue weighted by Gasteiger charge is 2.25. The van der Waals surface area contributed by atoms with E-state index in [0.29, 0.717) is 17.4 Å². The van der Waals surface area contributed by atoms with E-state index in [4.69, 9.17) is 4.74 Å². The van der Waals surface area contributed by atoms with Crippen LogP contribution in [-0.2, 0) is 9.59 Å². The largest absolute Gasteiger partial charge is 0.482 e. The van der Waals surface area contributed by atoms with Gasteiger partial charge in [-0.3, -0.25) is 9.59 Å². The molecule has 0 saturated carbocycles. The number of anilines is 2. The molecule has 132 valence electrons. The van der Waals surface area contributed by atoms with E-state index in [0.717, 1.165) is 16.9 Å². The summed E-state index contributed by atoms with van der Waals surface area (Å²) in [5, 5.41) is 5.29. The van der Waals surface area contributed by atoms with Crippen LogP contribution in [0.5, 0.6) is 5.75 Å². The van der Waals surface area contributed by atoms with Gasteiger partial charge in [-0.25, -0.2) is 4.98 Å². The van der Waals surface area contributed by atoms with Crippen LogP contribution in [0.25, 0.3) is 11.3 Å². The van der Waals surface area contributed by atoms with Crippen LogP contribution >= 0.6 is 11.3 Å². The summed E-state index contributed by atoms with van der Waals surface area (Å²) >= 11 is 1.38. The minimum atomic E-state index is -0.475. The molecule has 0 bridgehead atoms. The monoisotopic (exact) mass is 359 g/mol. The summed E-state index contributed by atoms with van der Waals surface area (Å²) in [4.78, 5) is 30.3. The van der Waals surface area contributed by atoms with Crippen LogP contribution in [0, 0.1) is 5.41 Å². The molecule has 0 unspecified atom stereocenters. The number of thiazole rings is 1. The SMILES string of the molecule is CCN1C(=O)COc2ccc(-c3csc(NC(=O)C(C)(C)C)n3)cc21. The van der Waals surface area contributed by atoms with Crippen molar-refractivity contribution in [3.05, 3.63) is 23.6 Å². The van der Waals surface area contributed by atoms with Crippen molar-refractivity contribution in [2.75, 3.05) is 23.4 Å². The fourth-order valence-electron chi connectivity index (χ4n) is 2.46. The molecule has 1 aliphatic rings. The van der Waals surface area contributed by atoms with Gasteiger partial charge in [0.15, 0.2) is 11.7 Å². The van der Waals surface area contributed by atoms with Gasteiger partial charge in [0, 0.05) is 22.9 Å². The van der Waals surface area contributed by atoms with Gasteiger partial charge in [-0.05, 0) is 25.1 Å². The molecule has 1 aliphatic heterocycles. The van der Waals surface area contributed by atoms with Gasteiger partial charge in [-0.1, -0.05) is 20.8 Å². The number of likely N-dealkylation sites (N-methyl/N-ethyl adjacent to an activating group) is 1. The number of amides is 2. The second-order valence-electron chi connectivity index (χ2n) is 6.85. The molecule has 1 aromatic carbocycles. The van der Waals surface area contributed by atoms with Crippen molar-refractivity contribution < 1.29 is 14.3 Å². The van der Waals surface area contributed by atoms with Crippen LogP contribution in [-0.4, -0.2) is 29.9 Å². The Hall–Kier alpha value is -2.41. The lowest BCUT2D eigenvalue weighted by Crippen LogP contribution is -2.38. The number of ether oxygens (including phenoxy) is 1. The highest BCUT2D eigenvalue weighted by atomic mass is 32.1. The highest BCUT2D eigenvalue weighted by Crippen LogP contribution is 2.36. The maximum atomic E-state index is 12.1. The minimum Gasteiger partial charge on any atom is -0.482 e. The maximum Gasteiger partial charge on any atom is 0.265 e. The van der Waals surface area contributed by atoms with Gasteiger partial charge in [-0.15, -0.1) is 11.3 Å². The third kappa shape index (κ3) is 3.51. The molecule has 25 heavy (non-hydrogen) atoms. The van der Waals surface area contributed by atoms with E-state index in [-0.39, 0.29) is 18.4 Å². The lowest BCUT2D eigenvalue weighted by molar-refractivity contribution is -0.123. The van der Waals surface area contributed by atoms with E-state index in [1.165, 1.54) is 11.3 Å². The van der Waals surface area contributed by atoms with E-state index < -0.39 is 5.41 Å². The zero-order valence-corrected chi connectivity index (χ0v) is 15.6. The van der Waals surface area contributed by atoms with Crippen LogP contribution in [0.15, 0.2) is 23.6 Å². The number of hydrogen-bond acceptors (Lipinski definition) is 5. The molecule has 1 aromatic heterocycles. The smallest absolute Gasteiger partial charge is 0.265 e. The van der Waals surface area contributed by atoms with E-state index in [9.17, 15) is 9.59 Å². The van der Waals surface area contributed by atoms with E-state index in [2.05, 4.69) is 10.3 Å². The second kappa shape index (κ2) is 6.48. The Morgan fingerprint density at radius 3 is 2.84 bits per heavy atom. The van der Waals surface area contributed by atoms with Crippen molar-refractivity contribution in [3.63, 3.8) is 0 Å². The lowest BCUT2D eigenvalue weighted by atomic mass is 9.96. The Labute approximate surface area is 150 Å². The average molecular weight is 359 g/mol. The molecule has 0 spiro atoms. The summed E-state index contributed by atoms with van der Waals surface area (Å²) in [6, 6.07) is 5.67. The third-order valence-electron chi connectivity index (χ3n) is 3.92. The van der Waals surface area contributed by atoms with Crippen molar-refractivity contribution in [2.24, 2.45) is 5.41 Å². The molecule has 0 saturated heterocycles. The van der Waals surface area contributed by atoms with Crippen LogP contribution < -0.4 is 15.0 Å². The molecular formula is C18H21N3O3S. The average Bonchev–Trinajstić information content (AvgIpc) is 3.02. The Kier molecular flexibility index (Phi) is 4.51. The Morgan fingerprint density at radius 1 is 1.40 bits per heavy atom. The Balaban J connectivity index is 1.87. The summed E-state index contributed by atoms with van der Waals surface area (Å²) in [6.45, 7) is 8.16. The Bertz CT molecular complexity index is 823. The molecule has 2 aromatic rings. The fourth-order valence-corrected chi connectivity index (χ4v) is 3.17. The molecule has 2 heterocycles. The molecule has 0 radical (unpaired) electrons. The number of carbonyl (C=O) groups excluding carboxylic acids is 2. The quantitative estimate of drug-likeness (QED) is 0.910. The van der Waals surface area contributed by atoms with Crippen LogP contribution in [0.4, 0.5) is 10.8 Å². The first-order valence-electron chi connectivity index (χ1n) is 8.14. The van der Waals surface area contributed by atoms with E-state index >= 15 is 0 Å². The number of hydrogen-bond donors (Lipinski definition) is 1. The molecule has 1 N–H and O–H groups in total. The van der Waals surface area contributed by atoms with Crippen molar-refractivity contribution in [1.29, 1.82) is 0 Å². The topological polar surface area (TPSA) is 71.5 Å². The van der Waals surface area contributed by atoms with Gasteiger partial charge in [0.2, 0.25) is 5.91 Å². The van der Waals surface area contributed by atoms with Crippen LogP contribution in [0.1, 0.15) is 27.7 Å². The summed E-state index contributed by atoms with van der Waals surface area (Å²) in [5.74, 6) is 0.570. The Morgan fingerprint density at radius 2 is 2.16 bits per heavy atom.